The molecule has 0 spiro atoms. The van der Waals surface area contributed by atoms with Crippen molar-refractivity contribution in [1.29, 1.82) is 0 Å². The van der Waals surface area contributed by atoms with Gasteiger partial charge in [-0.1, -0.05) is 0 Å². The number of carbonyl (C=O) groups excluding carboxylic acids is 1. The number of aliphatic hydroxyl groups excluding tert-OH is 1. The Morgan fingerprint density at radius 1 is 1.58 bits per heavy atom. The van der Waals surface area contributed by atoms with Crippen LogP contribution >= 0.6 is 0 Å². The zero-order chi connectivity index (χ0) is 14.2. The van der Waals surface area contributed by atoms with Crippen molar-refractivity contribution < 1.29 is 32.2 Å². The van der Waals surface area contributed by atoms with Crippen LogP contribution in [-0.4, -0.2) is 23.9 Å². The Labute approximate surface area is 107 Å². The third-order valence-electron chi connectivity index (χ3n) is 3.14. The van der Waals surface area contributed by atoms with Crippen molar-refractivity contribution in [3.05, 3.63) is 23.2 Å². The van der Waals surface area contributed by atoms with Crippen molar-refractivity contribution in [1.82, 2.24) is 0 Å². The molecule has 106 valence electrons. The average molecular weight is 278 g/mol. The quantitative estimate of drug-likeness (QED) is 0.845. The normalized spacial score (nSPS) is 23.0. The third kappa shape index (κ3) is 2.60. The molecule has 4 nitrogen and oxygen atoms in total. The smallest absolute Gasteiger partial charge is 0.392 e. The van der Waals surface area contributed by atoms with Gasteiger partial charge in [-0.15, -0.1) is 0 Å². The van der Waals surface area contributed by atoms with Crippen LogP contribution in [0.3, 0.4) is 0 Å². The first-order valence-electron chi connectivity index (χ1n) is 5.86. The van der Waals surface area contributed by atoms with Crippen LogP contribution in [0.2, 0.25) is 0 Å². The second-order valence-electron chi connectivity index (χ2n) is 4.40. The predicted octanol–water partition coefficient (Wildman–Crippen LogP) is 2.61. The van der Waals surface area contributed by atoms with E-state index in [1.807, 2.05) is 0 Å². The summed E-state index contributed by atoms with van der Waals surface area (Å²) in [6.07, 6.45) is -5.55. The molecule has 0 aromatic carbocycles. The lowest BCUT2D eigenvalue weighted by molar-refractivity contribution is -0.185. The van der Waals surface area contributed by atoms with Gasteiger partial charge >= 0.3 is 12.1 Å². The summed E-state index contributed by atoms with van der Waals surface area (Å²) in [5, 5.41) is 9.81. The lowest BCUT2D eigenvalue weighted by atomic mass is 9.84. The summed E-state index contributed by atoms with van der Waals surface area (Å²) in [6, 6.07) is 0. The van der Waals surface area contributed by atoms with Crippen molar-refractivity contribution in [2.75, 3.05) is 6.61 Å². The molecule has 2 rings (SSSR count). The second-order valence-corrected chi connectivity index (χ2v) is 4.40. The monoisotopic (exact) mass is 278 g/mol. The van der Waals surface area contributed by atoms with Gasteiger partial charge in [-0.05, 0) is 13.3 Å². The highest BCUT2D eigenvalue weighted by Crippen LogP contribution is 2.43. The number of carbonyl (C=O) groups is 1. The molecule has 1 aromatic rings. The van der Waals surface area contributed by atoms with Gasteiger partial charge in [-0.3, -0.25) is 0 Å². The number of aliphatic hydroxyl groups is 1. The Hall–Kier alpha value is -1.50. The van der Waals surface area contributed by atoms with E-state index in [2.05, 4.69) is 0 Å². The number of halogens is 3. The standard InChI is InChI=1S/C12H13F3O4/c1-2-18-11(17)7-5-19-9-4-6(12(13,14)15)3-8(16)10(7)9/h5-6,8,16H,2-4H2,1H3/t6-,8+/m1/s1. The minimum absolute atomic E-state index is 0.00382. The number of furan rings is 1. The molecule has 0 unspecified atom stereocenters. The molecule has 1 aliphatic carbocycles. The van der Waals surface area contributed by atoms with E-state index in [0.717, 1.165) is 6.26 Å². The molecule has 0 saturated carbocycles. The fraction of sp³-hybridized carbons (Fsp3) is 0.583. The van der Waals surface area contributed by atoms with Crippen molar-refractivity contribution >= 4 is 5.97 Å². The third-order valence-corrected chi connectivity index (χ3v) is 3.14. The van der Waals surface area contributed by atoms with E-state index in [0.29, 0.717) is 0 Å². The van der Waals surface area contributed by atoms with E-state index in [1.54, 1.807) is 6.92 Å². The summed E-state index contributed by atoms with van der Waals surface area (Å²) < 4.78 is 47.7. The Balaban J connectivity index is 2.30. The summed E-state index contributed by atoms with van der Waals surface area (Å²) in [5.74, 6) is -2.35. The Morgan fingerprint density at radius 2 is 2.26 bits per heavy atom. The van der Waals surface area contributed by atoms with E-state index in [4.69, 9.17) is 9.15 Å². The van der Waals surface area contributed by atoms with Crippen LogP contribution in [0.1, 0.15) is 41.1 Å². The van der Waals surface area contributed by atoms with Crippen LogP contribution in [0.25, 0.3) is 0 Å². The highest BCUT2D eigenvalue weighted by Gasteiger charge is 2.46. The molecule has 1 N–H and O–H groups in total. The molecule has 7 heteroatoms. The van der Waals surface area contributed by atoms with Gasteiger partial charge in [0, 0.05) is 12.0 Å². The van der Waals surface area contributed by atoms with Crippen LogP contribution in [0.15, 0.2) is 10.7 Å². The first-order chi connectivity index (χ1) is 8.84. The molecule has 0 fully saturated rings. The molecule has 0 saturated heterocycles. The number of rotatable bonds is 2. The van der Waals surface area contributed by atoms with Crippen LogP contribution < -0.4 is 0 Å². The minimum atomic E-state index is -4.39. The van der Waals surface area contributed by atoms with Crippen LogP contribution in [0.5, 0.6) is 0 Å². The van der Waals surface area contributed by atoms with Crippen molar-refractivity contribution in [2.45, 2.75) is 32.0 Å². The summed E-state index contributed by atoms with van der Waals surface area (Å²) in [6.45, 7) is 1.75. The summed E-state index contributed by atoms with van der Waals surface area (Å²) in [5.41, 5.74) is 0.129. The zero-order valence-corrected chi connectivity index (χ0v) is 10.2. The maximum atomic E-state index is 12.7. The van der Waals surface area contributed by atoms with E-state index in [9.17, 15) is 23.1 Å². The topological polar surface area (TPSA) is 59.7 Å². The average Bonchev–Trinajstić information content (AvgIpc) is 2.72. The SMILES string of the molecule is CCOC(=O)c1coc2c1[C@@H](O)C[C@@H](C(F)(F)F)C2. The van der Waals surface area contributed by atoms with Gasteiger partial charge in [-0.25, -0.2) is 4.79 Å². The summed E-state index contributed by atoms with van der Waals surface area (Å²) in [4.78, 5) is 11.6. The fourth-order valence-electron chi connectivity index (χ4n) is 2.24. The van der Waals surface area contributed by atoms with Crippen molar-refractivity contribution in [2.24, 2.45) is 5.92 Å². The maximum Gasteiger partial charge on any atom is 0.392 e. The van der Waals surface area contributed by atoms with Gasteiger partial charge in [0.15, 0.2) is 0 Å². The molecule has 1 heterocycles. The second kappa shape index (κ2) is 4.88. The van der Waals surface area contributed by atoms with Gasteiger partial charge < -0.3 is 14.3 Å². The van der Waals surface area contributed by atoms with E-state index < -0.39 is 30.6 Å². The number of hydrogen-bond donors (Lipinski definition) is 1. The van der Waals surface area contributed by atoms with Gasteiger partial charge in [-0.2, -0.15) is 13.2 Å². The van der Waals surface area contributed by atoms with Crippen LogP contribution in [0, 0.1) is 5.92 Å². The highest BCUT2D eigenvalue weighted by molar-refractivity contribution is 5.91. The van der Waals surface area contributed by atoms with Gasteiger partial charge in [0.05, 0.1) is 18.6 Å². The van der Waals surface area contributed by atoms with E-state index in [-0.39, 0.29) is 29.9 Å². The Morgan fingerprint density at radius 3 is 2.84 bits per heavy atom. The Bertz CT molecular complexity index is 478. The fourth-order valence-corrected chi connectivity index (χ4v) is 2.24. The first kappa shape index (κ1) is 13.9. The summed E-state index contributed by atoms with van der Waals surface area (Å²) >= 11 is 0. The van der Waals surface area contributed by atoms with Crippen molar-refractivity contribution in [3.8, 4) is 0 Å². The first-order valence-corrected chi connectivity index (χ1v) is 5.86. The molecular weight excluding hydrogens is 265 g/mol. The molecule has 2 atom stereocenters. The largest absolute Gasteiger partial charge is 0.468 e. The Kier molecular flexibility index (Phi) is 3.58. The maximum absolute atomic E-state index is 12.7. The molecule has 0 aliphatic heterocycles. The summed E-state index contributed by atoms with van der Waals surface area (Å²) in [7, 11) is 0. The van der Waals surface area contributed by atoms with Crippen molar-refractivity contribution in [3.63, 3.8) is 0 Å². The van der Waals surface area contributed by atoms with Gasteiger partial charge in [0.2, 0.25) is 0 Å². The predicted molar refractivity (Wildman–Crippen MR) is 57.5 cm³/mol. The van der Waals surface area contributed by atoms with E-state index >= 15 is 0 Å². The molecule has 0 radical (unpaired) electrons. The number of hydrogen-bond acceptors (Lipinski definition) is 4. The molecule has 0 bridgehead atoms. The molecular formula is C12H13F3O4. The highest BCUT2D eigenvalue weighted by atomic mass is 19.4. The van der Waals surface area contributed by atoms with Crippen LogP contribution in [-0.2, 0) is 11.2 Å². The number of ether oxygens (including phenoxy) is 1. The molecule has 1 aromatic heterocycles. The lowest BCUT2D eigenvalue weighted by Gasteiger charge is -2.27. The van der Waals surface area contributed by atoms with Gasteiger partial charge in [0.1, 0.15) is 17.6 Å². The molecule has 19 heavy (non-hydrogen) atoms. The van der Waals surface area contributed by atoms with E-state index in [1.165, 1.54) is 0 Å². The minimum Gasteiger partial charge on any atom is -0.468 e. The lowest BCUT2D eigenvalue weighted by Crippen LogP contribution is -2.31. The number of fused-ring (bicyclic) bond motifs is 1. The van der Waals surface area contributed by atoms with Gasteiger partial charge in [0.25, 0.3) is 0 Å². The zero-order valence-electron chi connectivity index (χ0n) is 10.2. The molecule has 0 amide bonds. The number of esters is 1. The molecule has 1 aliphatic rings. The van der Waals surface area contributed by atoms with Crippen LogP contribution in [0.4, 0.5) is 13.2 Å². The number of alkyl halides is 3.